The minimum absolute atomic E-state index is 0.0510. The number of rotatable bonds is 4. The molecule has 1 atom stereocenters. The lowest BCUT2D eigenvalue weighted by molar-refractivity contribution is -0.286. The number of halogens is 2. The molecule has 2 aromatic rings. The molecule has 136 valence electrons. The maximum atomic E-state index is 13.0. The van der Waals surface area contributed by atoms with Crippen LogP contribution in [0.4, 0.5) is 14.5 Å². The molecule has 0 radical (unpaired) electrons. The van der Waals surface area contributed by atoms with Gasteiger partial charge in [0.05, 0.1) is 6.54 Å². The van der Waals surface area contributed by atoms with E-state index in [9.17, 15) is 13.6 Å². The lowest BCUT2D eigenvalue weighted by atomic mass is 9.88. The summed E-state index contributed by atoms with van der Waals surface area (Å²) in [4.78, 5) is 12.2. The molecule has 7 heteroatoms. The number of alkyl halides is 2. The van der Waals surface area contributed by atoms with Crippen molar-refractivity contribution in [2.45, 2.75) is 31.6 Å². The van der Waals surface area contributed by atoms with Gasteiger partial charge in [0.25, 0.3) is 0 Å². The highest BCUT2D eigenvalue weighted by molar-refractivity contribution is 5.92. The lowest BCUT2D eigenvalue weighted by Crippen LogP contribution is -2.33. The van der Waals surface area contributed by atoms with Gasteiger partial charge in [-0.1, -0.05) is 24.3 Å². The number of ether oxygens (including phenoxy) is 2. The first-order valence-electron chi connectivity index (χ1n) is 8.51. The fraction of sp³-hybridized carbons (Fsp3) is 0.316. The van der Waals surface area contributed by atoms with Crippen molar-refractivity contribution in [1.29, 1.82) is 0 Å². The summed E-state index contributed by atoms with van der Waals surface area (Å²) in [7, 11) is 0. The van der Waals surface area contributed by atoms with E-state index in [1.807, 2.05) is 12.1 Å². The van der Waals surface area contributed by atoms with Gasteiger partial charge in [-0.05, 0) is 42.5 Å². The van der Waals surface area contributed by atoms with Gasteiger partial charge in [-0.3, -0.25) is 4.79 Å². The van der Waals surface area contributed by atoms with Crippen LogP contribution >= 0.6 is 0 Å². The van der Waals surface area contributed by atoms with E-state index in [1.54, 1.807) is 0 Å². The molecule has 5 nitrogen and oxygen atoms in total. The summed E-state index contributed by atoms with van der Waals surface area (Å²) in [5, 5.41) is 5.96. The number of benzene rings is 2. The second-order valence-corrected chi connectivity index (χ2v) is 6.40. The fourth-order valence-corrected chi connectivity index (χ4v) is 3.41. The molecule has 4 rings (SSSR count). The van der Waals surface area contributed by atoms with Gasteiger partial charge in [0, 0.05) is 17.8 Å². The minimum atomic E-state index is -3.67. The zero-order chi connectivity index (χ0) is 18.1. The highest BCUT2D eigenvalue weighted by Gasteiger charge is 2.43. The van der Waals surface area contributed by atoms with Gasteiger partial charge in [-0.2, -0.15) is 0 Å². The average molecular weight is 360 g/mol. The normalized spacial score (nSPS) is 19.7. The van der Waals surface area contributed by atoms with Gasteiger partial charge in [0.1, 0.15) is 0 Å². The van der Waals surface area contributed by atoms with Crippen molar-refractivity contribution >= 4 is 11.6 Å². The number of aryl methyl sites for hydroxylation is 1. The first-order chi connectivity index (χ1) is 12.5. The van der Waals surface area contributed by atoms with Crippen molar-refractivity contribution in [3.63, 3.8) is 0 Å². The predicted octanol–water partition coefficient (Wildman–Crippen LogP) is 3.61. The fourth-order valence-electron chi connectivity index (χ4n) is 3.41. The largest absolute Gasteiger partial charge is 0.586 e. The highest BCUT2D eigenvalue weighted by atomic mass is 19.3. The summed E-state index contributed by atoms with van der Waals surface area (Å²) >= 11 is 0. The van der Waals surface area contributed by atoms with E-state index < -0.39 is 6.29 Å². The summed E-state index contributed by atoms with van der Waals surface area (Å²) in [6.45, 7) is 0.129. The molecule has 1 aliphatic carbocycles. The molecular formula is C19H18F2N2O3. The Kier molecular flexibility index (Phi) is 4.24. The molecule has 0 saturated heterocycles. The standard InChI is InChI=1S/C19H18F2N2O3/c20-19(21)25-16-9-8-13(10-17(16)26-19)23-18(24)11-22-15-7-3-5-12-4-1-2-6-14(12)15/h1-2,4,6,8-10,15,22H,3,5,7,11H2,(H,23,24)/t15-/m0/s1. The first-order valence-corrected chi connectivity index (χ1v) is 8.51. The molecule has 1 heterocycles. The lowest BCUT2D eigenvalue weighted by Gasteiger charge is -2.26. The second kappa shape index (κ2) is 6.57. The van der Waals surface area contributed by atoms with Crippen LogP contribution in [0.25, 0.3) is 0 Å². The number of carbonyl (C=O) groups excluding carboxylic acids is 1. The van der Waals surface area contributed by atoms with E-state index in [4.69, 9.17) is 0 Å². The molecular weight excluding hydrogens is 342 g/mol. The molecule has 0 fully saturated rings. The van der Waals surface area contributed by atoms with E-state index in [2.05, 4.69) is 32.2 Å². The molecule has 0 unspecified atom stereocenters. The van der Waals surface area contributed by atoms with Gasteiger partial charge < -0.3 is 20.1 Å². The average Bonchev–Trinajstić information content (AvgIpc) is 2.93. The highest BCUT2D eigenvalue weighted by Crippen LogP contribution is 2.42. The van der Waals surface area contributed by atoms with Crippen LogP contribution in [0, 0.1) is 0 Å². The molecule has 0 bridgehead atoms. The quantitative estimate of drug-likeness (QED) is 0.874. The monoisotopic (exact) mass is 360 g/mol. The molecule has 1 amide bonds. The predicted molar refractivity (Wildman–Crippen MR) is 91.4 cm³/mol. The Morgan fingerprint density at radius 3 is 2.85 bits per heavy atom. The Hall–Kier alpha value is -2.67. The second-order valence-electron chi connectivity index (χ2n) is 6.40. The van der Waals surface area contributed by atoms with Gasteiger partial charge in [-0.15, -0.1) is 8.78 Å². The van der Waals surface area contributed by atoms with Crippen molar-refractivity contribution < 1.29 is 23.0 Å². The summed E-state index contributed by atoms with van der Waals surface area (Å²) in [6, 6.07) is 12.5. The zero-order valence-electron chi connectivity index (χ0n) is 13.9. The Balaban J connectivity index is 1.36. The number of carbonyl (C=O) groups is 1. The van der Waals surface area contributed by atoms with Crippen molar-refractivity contribution in [3.8, 4) is 11.5 Å². The third-order valence-corrected chi connectivity index (χ3v) is 4.56. The molecule has 2 aliphatic rings. The van der Waals surface area contributed by atoms with Crippen molar-refractivity contribution in [2.24, 2.45) is 0 Å². The van der Waals surface area contributed by atoms with E-state index in [0.29, 0.717) is 5.69 Å². The summed E-state index contributed by atoms with van der Waals surface area (Å²) < 4.78 is 34.8. The van der Waals surface area contributed by atoms with Crippen LogP contribution in [-0.4, -0.2) is 18.7 Å². The number of fused-ring (bicyclic) bond motifs is 2. The van der Waals surface area contributed by atoms with Gasteiger partial charge in [0.15, 0.2) is 11.5 Å². The molecule has 2 aromatic carbocycles. The molecule has 1 aliphatic heterocycles. The minimum Gasteiger partial charge on any atom is -0.395 e. The third-order valence-electron chi connectivity index (χ3n) is 4.56. The molecule has 0 saturated carbocycles. The van der Waals surface area contributed by atoms with E-state index in [1.165, 1.54) is 29.3 Å². The summed E-state index contributed by atoms with van der Waals surface area (Å²) in [6.07, 6.45) is -0.556. The Morgan fingerprint density at radius 1 is 1.15 bits per heavy atom. The van der Waals surface area contributed by atoms with Crippen molar-refractivity contribution in [3.05, 3.63) is 53.6 Å². The number of nitrogens with one attached hydrogen (secondary N) is 2. The molecule has 2 N–H and O–H groups in total. The Labute approximate surface area is 149 Å². The van der Waals surface area contributed by atoms with Gasteiger partial charge >= 0.3 is 6.29 Å². The Morgan fingerprint density at radius 2 is 1.96 bits per heavy atom. The van der Waals surface area contributed by atoms with Crippen LogP contribution in [-0.2, 0) is 11.2 Å². The van der Waals surface area contributed by atoms with Crippen LogP contribution < -0.4 is 20.1 Å². The van der Waals surface area contributed by atoms with Crippen LogP contribution in [0.2, 0.25) is 0 Å². The van der Waals surface area contributed by atoms with Crippen molar-refractivity contribution in [1.82, 2.24) is 5.32 Å². The first kappa shape index (κ1) is 16.8. The van der Waals surface area contributed by atoms with Crippen molar-refractivity contribution in [2.75, 3.05) is 11.9 Å². The van der Waals surface area contributed by atoms with E-state index in [-0.39, 0.29) is 30.0 Å². The number of hydrogen-bond donors (Lipinski definition) is 2. The molecule has 0 spiro atoms. The zero-order valence-corrected chi connectivity index (χ0v) is 13.9. The number of amides is 1. The SMILES string of the molecule is O=C(CN[C@H]1CCCc2ccccc21)Nc1ccc2c(c1)OC(F)(F)O2. The van der Waals surface area contributed by atoms with Crippen LogP contribution in [0.5, 0.6) is 11.5 Å². The van der Waals surface area contributed by atoms with E-state index in [0.717, 1.165) is 19.3 Å². The smallest absolute Gasteiger partial charge is 0.395 e. The molecule has 0 aromatic heterocycles. The summed E-state index contributed by atoms with van der Waals surface area (Å²) in [5.41, 5.74) is 2.92. The van der Waals surface area contributed by atoms with Crippen LogP contribution in [0.3, 0.4) is 0 Å². The number of hydrogen-bond acceptors (Lipinski definition) is 4. The number of anilines is 1. The Bertz CT molecular complexity index is 841. The molecule has 26 heavy (non-hydrogen) atoms. The topological polar surface area (TPSA) is 59.6 Å². The summed E-state index contributed by atoms with van der Waals surface area (Å²) in [5.74, 6) is -0.398. The third kappa shape index (κ3) is 3.48. The van der Waals surface area contributed by atoms with E-state index >= 15 is 0 Å². The van der Waals surface area contributed by atoms with Crippen LogP contribution in [0.1, 0.15) is 30.0 Å². The van der Waals surface area contributed by atoms with Gasteiger partial charge in [-0.25, -0.2) is 0 Å². The maximum absolute atomic E-state index is 13.0. The maximum Gasteiger partial charge on any atom is 0.586 e. The van der Waals surface area contributed by atoms with Gasteiger partial charge in [0.2, 0.25) is 5.91 Å². The van der Waals surface area contributed by atoms with Crippen LogP contribution in [0.15, 0.2) is 42.5 Å².